The van der Waals surface area contributed by atoms with Crippen molar-refractivity contribution in [1.82, 2.24) is 14.8 Å². The van der Waals surface area contributed by atoms with Crippen LogP contribution in [0.3, 0.4) is 0 Å². The molecule has 2 rings (SSSR count). The number of nitrogens with zero attached hydrogens (tertiary/aromatic N) is 2. The van der Waals surface area contributed by atoms with Crippen LogP contribution in [0.25, 0.3) is 0 Å². The molecule has 4 nitrogen and oxygen atoms in total. The van der Waals surface area contributed by atoms with Crippen molar-refractivity contribution in [3.63, 3.8) is 0 Å². The van der Waals surface area contributed by atoms with E-state index in [-0.39, 0.29) is 5.91 Å². The molecule has 1 fully saturated rings. The minimum atomic E-state index is 0.171. The lowest BCUT2D eigenvalue weighted by Crippen LogP contribution is -2.49. The Morgan fingerprint density at radius 1 is 1.48 bits per heavy atom. The van der Waals surface area contributed by atoms with E-state index < -0.39 is 0 Å². The van der Waals surface area contributed by atoms with E-state index in [1.807, 2.05) is 12.3 Å². The Hall–Kier alpha value is -0.810. The number of hydrogen-bond acceptors (Lipinski definition) is 2. The molecule has 1 aromatic heterocycles. The van der Waals surface area contributed by atoms with Crippen LogP contribution in [0.2, 0.25) is 0 Å². The molecule has 5 heteroatoms. The van der Waals surface area contributed by atoms with Gasteiger partial charge in [-0.2, -0.15) is 0 Å². The predicted molar refractivity (Wildman–Crippen MR) is 89.6 cm³/mol. The molecular weight excluding hydrogens is 330 g/mol. The van der Waals surface area contributed by atoms with Crippen LogP contribution >= 0.6 is 15.9 Å². The SMILES string of the molecule is CCCN(C(=O)c1cc(Br)cn1CCC)C1CCCNC1. The zero-order valence-electron chi connectivity index (χ0n) is 13.1. The molecule has 0 aliphatic carbocycles. The average molecular weight is 356 g/mol. The molecule has 1 saturated heterocycles. The number of halogens is 1. The Labute approximate surface area is 136 Å². The predicted octanol–water partition coefficient (Wildman–Crippen LogP) is 3.26. The van der Waals surface area contributed by atoms with Gasteiger partial charge in [-0.15, -0.1) is 0 Å². The van der Waals surface area contributed by atoms with Gasteiger partial charge in [-0.05, 0) is 54.2 Å². The fourth-order valence-electron chi connectivity index (χ4n) is 3.02. The first kappa shape index (κ1) is 16.6. The molecule has 0 bridgehead atoms. The molecule has 118 valence electrons. The Balaban J connectivity index is 2.20. The van der Waals surface area contributed by atoms with Gasteiger partial charge in [0.05, 0.1) is 0 Å². The van der Waals surface area contributed by atoms with Crippen molar-refractivity contribution < 1.29 is 4.79 Å². The van der Waals surface area contributed by atoms with Gasteiger partial charge in [-0.25, -0.2) is 0 Å². The van der Waals surface area contributed by atoms with Gasteiger partial charge in [0.2, 0.25) is 0 Å². The Morgan fingerprint density at radius 3 is 2.90 bits per heavy atom. The zero-order chi connectivity index (χ0) is 15.2. The van der Waals surface area contributed by atoms with E-state index >= 15 is 0 Å². The van der Waals surface area contributed by atoms with E-state index in [0.717, 1.165) is 62.0 Å². The average Bonchev–Trinajstić information content (AvgIpc) is 2.86. The van der Waals surface area contributed by atoms with Crippen LogP contribution in [0, 0.1) is 0 Å². The molecular formula is C16H26BrN3O. The summed E-state index contributed by atoms with van der Waals surface area (Å²) in [7, 11) is 0. The summed E-state index contributed by atoms with van der Waals surface area (Å²) >= 11 is 3.50. The maximum absolute atomic E-state index is 13.0. The van der Waals surface area contributed by atoms with E-state index in [4.69, 9.17) is 0 Å². The molecule has 1 unspecified atom stereocenters. The Bertz CT molecular complexity index is 466. The monoisotopic (exact) mass is 355 g/mol. The van der Waals surface area contributed by atoms with Crippen LogP contribution < -0.4 is 5.32 Å². The molecule has 0 aromatic carbocycles. The third kappa shape index (κ3) is 4.10. The summed E-state index contributed by atoms with van der Waals surface area (Å²) in [6.07, 6.45) is 6.30. The first-order chi connectivity index (χ1) is 10.2. The number of nitrogens with one attached hydrogen (secondary N) is 1. The van der Waals surface area contributed by atoms with E-state index in [1.54, 1.807) is 0 Å². The lowest BCUT2D eigenvalue weighted by molar-refractivity contribution is 0.0637. The minimum Gasteiger partial charge on any atom is -0.342 e. The summed E-state index contributed by atoms with van der Waals surface area (Å²) < 4.78 is 3.06. The maximum atomic E-state index is 13.0. The van der Waals surface area contributed by atoms with Crippen LogP contribution in [-0.4, -0.2) is 41.1 Å². The number of aromatic nitrogens is 1. The molecule has 1 N–H and O–H groups in total. The molecule has 1 aliphatic rings. The molecule has 1 aromatic rings. The lowest BCUT2D eigenvalue weighted by Gasteiger charge is -2.34. The fraction of sp³-hybridized carbons (Fsp3) is 0.688. The topological polar surface area (TPSA) is 37.3 Å². The first-order valence-corrected chi connectivity index (χ1v) is 8.84. The van der Waals surface area contributed by atoms with Crippen LogP contribution in [0.1, 0.15) is 50.0 Å². The Kier molecular flexibility index (Phi) is 6.30. The molecule has 1 atom stereocenters. The van der Waals surface area contributed by atoms with Crippen LogP contribution in [0.15, 0.2) is 16.7 Å². The largest absolute Gasteiger partial charge is 0.342 e. The van der Waals surface area contributed by atoms with Gasteiger partial charge in [-0.1, -0.05) is 13.8 Å². The van der Waals surface area contributed by atoms with Crippen molar-refractivity contribution in [2.45, 2.75) is 52.1 Å². The molecule has 0 saturated carbocycles. The maximum Gasteiger partial charge on any atom is 0.270 e. The highest BCUT2D eigenvalue weighted by Crippen LogP contribution is 2.20. The van der Waals surface area contributed by atoms with Crippen molar-refractivity contribution in [3.8, 4) is 0 Å². The summed E-state index contributed by atoms with van der Waals surface area (Å²) in [6.45, 7) is 7.98. The third-order valence-corrected chi connectivity index (χ3v) is 4.42. The lowest BCUT2D eigenvalue weighted by atomic mass is 10.0. The smallest absolute Gasteiger partial charge is 0.270 e. The summed E-state index contributed by atoms with van der Waals surface area (Å²) in [6, 6.07) is 2.28. The first-order valence-electron chi connectivity index (χ1n) is 8.04. The van der Waals surface area contributed by atoms with Gasteiger partial charge in [0.15, 0.2) is 0 Å². The number of aryl methyl sites for hydroxylation is 1. The van der Waals surface area contributed by atoms with E-state index in [9.17, 15) is 4.79 Å². The number of hydrogen-bond donors (Lipinski definition) is 1. The van der Waals surface area contributed by atoms with Gasteiger partial charge >= 0.3 is 0 Å². The van der Waals surface area contributed by atoms with Crippen LogP contribution in [0.4, 0.5) is 0 Å². The molecule has 21 heavy (non-hydrogen) atoms. The van der Waals surface area contributed by atoms with Crippen molar-refractivity contribution in [2.75, 3.05) is 19.6 Å². The number of rotatable bonds is 6. The second-order valence-electron chi connectivity index (χ2n) is 5.74. The van der Waals surface area contributed by atoms with E-state index in [1.165, 1.54) is 0 Å². The summed E-state index contributed by atoms with van der Waals surface area (Å²) in [5.74, 6) is 0.171. The van der Waals surface area contributed by atoms with E-state index in [0.29, 0.717) is 6.04 Å². The van der Waals surface area contributed by atoms with Crippen molar-refractivity contribution in [1.29, 1.82) is 0 Å². The normalized spacial score (nSPS) is 18.7. The number of carbonyl (C=O) groups excluding carboxylic acids is 1. The molecule has 0 spiro atoms. The molecule has 0 radical (unpaired) electrons. The van der Waals surface area contributed by atoms with Gasteiger partial charge in [0, 0.05) is 36.3 Å². The standard InChI is InChI=1S/C16H26BrN3O/c1-3-8-19-12-13(17)10-15(19)16(21)20(9-4-2)14-6-5-7-18-11-14/h10,12,14,18H,3-9,11H2,1-2H3. The van der Waals surface area contributed by atoms with Crippen molar-refractivity contribution in [3.05, 3.63) is 22.4 Å². The quantitative estimate of drug-likeness (QED) is 0.850. The summed E-state index contributed by atoms with van der Waals surface area (Å²) in [5.41, 5.74) is 0.808. The number of carbonyl (C=O) groups is 1. The van der Waals surface area contributed by atoms with Crippen molar-refractivity contribution >= 4 is 21.8 Å². The second kappa shape index (κ2) is 7.99. The molecule has 1 amide bonds. The van der Waals surface area contributed by atoms with E-state index in [2.05, 4.69) is 44.6 Å². The summed E-state index contributed by atoms with van der Waals surface area (Å²) in [5, 5.41) is 3.42. The third-order valence-electron chi connectivity index (χ3n) is 3.98. The minimum absolute atomic E-state index is 0.171. The van der Waals surface area contributed by atoms with Gasteiger partial charge in [0.1, 0.15) is 5.69 Å². The van der Waals surface area contributed by atoms with Gasteiger partial charge in [0.25, 0.3) is 5.91 Å². The van der Waals surface area contributed by atoms with Crippen molar-refractivity contribution in [2.24, 2.45) is 0 Å². The van der Waals surface area contributed by atoms with Gasteiger partial charge < -0.3 is 14.8 Å². The second-order valence-corrected chi connectivity index (χ2v) is 6.65. The Morgan fingerprint density at radius 2 is 2.29 bits per heavy atom. The molecule has 1 aliphatic heterocycles. The molecule has 2 heterocycles. The number of piperidine rings is 1. The number of amides is 1. The fourth-order valence-corrected chi connectivity index (χ4v) is 3.48. The summed E-state index contributed by atoms with van der Waals surface area (Å²) in [4.78, 5) is 15.1. The highest BCUT2D eigenvalue weighted by atomic mass is 79.9. The highest BCUT2D eigenvalue weighted by Gasteiger charge is 2.27. The zero-order valence-corrected chi connectivity index (χ0v) is 14.7. The van der Waals surface area contributed by atoms with Crippen LogP contribution in [-0.2, 0) is 6.54 Å². The van der Waals surface area contributed by atoms with Crippen LogP contribution in [0.5, 0.6) is 0 Å². The van der Waals surface area contributed by atoms with Gasteiger partial charge in [-0.3, -0.25) is 4.79 Å². The highest BCUT2D eigenvalue weighted by molar-refractivity contribution is 9.10.